The number of nitrogens with zero attached hydrogens (tertiary/aromatic N) is 3. The Morgan fingerprint density at radius 2 is 2.17 bits per heavy atom. The molecule has 0 saturated carbocycles. The molecule has 1 aromatic heterocycles. The van der Waals surface area contributed by atoms with E-state index in [9.17, 15) is 13.2 Å². The van der Waals surface area contributed by atoms with Gasteiger partial charge in [0.25, 0.3) is 0 Å². The van der Waals surface area contributed by atoms with Crippen LogP contribution in [0.3, 0.4) is 0 Å². The van der Waals surface area contributed by atoms with Gasteiger partial charge in [-0.3, -0.25) is 9.48 Å². The van der Waals surface area contributed by atoms with E-state index < -0.39 is 21.9 Å². The van der Waals surface area contributed by atoms with Crippen LogP contribution in [0.25, 0.3) is 0 Å². The van der Waals surface area contributed by atoms with Gasteiger partial charge in [-0.1, -0.05) is 6.92 Å². The fourth-order valence-electron chi connectivity index (χ4n) is 1.56. The highest BCUT2D eigenvalue weighted by molar-refractivity contribution is 7.89. The number of carboxylic acids is 1. The standard InChI is InChI=1S/C10H17N3O4S/c1-7(10(14)15)5-13(4)18(16,17)9-6-12(3)11-8(9)2/h6-7H,5H2,1-4H3,(H,14,15). The Morgan fingerprint density at radius 3 is 2.56 bits per heavy atom. The minimum Gasteiger partial charge on any atom is -0.481 e. The van der Waals surface area contributed by atoms with Crippen LogP contribution >= 0.6 is 0 Å². The molecule has 1 heterocycles. The van der Waals surface area contributed by atoms with Crippen molar-refractivity contribution < 1.29 is 18.3 Å². The molecule has 0 aliphatic heterocycles. The molecule has 0 radical (unpaired) electrons. The van der Waals surface area contributed by atoms with E-state index >= 15 is 0 Å². The van der Waals surface area contributed by atoms with Crippen molar-refractivity contribution >= 4 is 16.0 Å². The van der Waals surface area contributed by atoms with E-state index in [2.05, 4.69) is 5.10 Å². The lowest BCUT2D eigenvalue weighted by atomic mass is 10.2. The van der Waals surface area contributed by atoms with Gasteiger partial charge in [0.1, 0.15) is 4.90 Å². The Kier molecular flexibility index (Phi) is 4.12. The second-order valence-corrected chi connectivity index (χ2v) is 6.29. The first-order valence-electron chi connectivity index (χ1n) is 5.35. The third kappa shape index (κ3) is 2.88. The maximum atomic E-state index is 12.2. The summed E-state index contributed by atoms with van der Waals surface area (Å²) in [7, 11) is -0.698. The highest BCUT2D eigenvalue weighted by atomic mass is 32.2. The Morgan fingerprint density at radius 1 is 1.61 bits per heavy atom. The number of hydrogen-bond donors (Lipinski definition) is 1. The third-order valence-corrected chi connectivity index (χ3v) is 4.54. The van der Waals surface area contributed by atoms with E-state index in [-0.39, 0.29) is 11.4 Å². The lowest BCUT2D eigenvalue weighted by molar-refractivity contribution is -0.141. The van der Waals surface area contributed by atoms with Crippen LogP contribution in [0, 0.1) is 12.8 Å². The number of aromatic nitrogens is 2. The summed E-state index contributed by atoms with van der Waals surface area (Å²) in [4.78, 5) is 10.8. The number of carbonyl (C=O) groups is 1. The molecular weight excluding hydrogens is 258 g/mol. The first kappa shape index (κ1) is 14.7. The van der Waals surface area contributed by atoms with Crippen molar-refractivity contribution in [1.82, 2.24) is 14.1 Å². The molecule has 0 spiro atoms. The van der Waals surface area contributed by atoms with Gasteiger partial charge in [-0.05, 0) is 6.92 Å². The zero-order chi connectivity index (χ0) is 14.1. The van der Waals surface area contributed by atoms with E-state index in [1.807, 2.05) is 0 Å². The van der Waals surface area contributed by atoms with E-state index in [1.165, 1.54) is 24.9 Å². The lowest BCUT2D eigenvalue weighted by Crippen LogP contribution is -2.33. The topological polar surface area (TPSA) is 92.5 Å². The van der Waals surface area contributed by atoms with Crippen molar-refractivity contribution in [2.24, 2.45) is 13.0 Å². The van der Waals surface area contributed by atoms with Crippen molar-refractivity contribution in [3.63, 3.8) is 0 Å². The Bertz CT molecular complexity index is 549. The summed E-state index contributed by atoms with van der Waals surface area (Å²) in [5.41, 5.74) is 0.396. The summed E-state index contributed by atoms with van der Waals surface area (Å²) in [6.07, 6.45) is 1.41. The number of carboxylic acid groups (broad SMARTS) is 1. The molecule has 1 atom stereocenters. The van der Waals surface area contributed by atoms with Crippen LogP contribution in [0.4, 0.5) is 0 Å². The van der Waals surface area contributed by atoms with Crippen LogP contribution in [-0.4, -0.2) is 47.2 Å². The number of hydrogen-bond acceptors (Lipinski definition) is 4. The van der Waals surface area contributed by atoms with Gasteiger partial charge in [0.2, 0.25) is 10.0 Å². The van der Waals surface area contributed by atoms with Crippen LogP contribution in [0.5, 0.6) is 0 Å². The van der Waals surface area contributed by atoms with Gasteiger partial charge in [-0.15, -0.1) is 0 Å². The first-order valence-corrected chi connectivity index (χ1v) is 6.79. The monoisotopic (exact) mass is 275 g/mol. The van der Waals surface area contributed by atoms with Gasteiger partial charge in [0, 0.05) is 26.8 Å². The van der Waals surface area contributed by atoms with E-state index in [0.717, 1.165) is 4.31 Å². The minimum atomic E-state index is -3.69. The number of sulfonamides is 1. The molecule has 8 heteroatoms. The Balaban J connectivity index is 3.00. The normalized spacial score (nSPS) is 13.8. The van der Waals surface area contributed by atoms with E-state index in [1.54, 1.807) is 14.0 Å². The summed E-state index contributed by atoms with van der Waals surface area (Å²) >= 11 is 0. The average Bonchev–Trinajstić information content (AvgIpc) is 2.57. The second kappa shape index (κ2) is 5.07. The highest BCUT2D eigenvalue weighted by Crippen LogP contribution is 2.18. The van der Waals surface area contributed by atoms with Gasteiger partial charge in [-0.2, -0.15) is 9.40 Å². The molecule has 0 aliphatic rings. The maximum Gasteiger partial charge on any atom is 0.307 e. The van der Waals surface area contributed by atoms with Crippen molar-refractivity contribution in [2.45, 2.75) is 18.7 Å². The molecule has 102 valence electrons. The molecule has 0 aliphatic carbocycles. The molecule has 1 N–H and O–H groups in total. The number of rotatable bonds is 5. The van der Waals surface area contributed by atoms with Crippen molar-refractivity contribution in [3.8, 4) is 0 Å². The number of aliphatic carboxylic acids is 1. The molecule has 1 aromatic rings. The summed E-state index contributed by atoms with van der Waals surface area (Å²) in [5, 5.41) is 12.8. The fourth-order valence-corrected chi connectivity index (χ4v) is 3.02. The average molecular weight is 275 g/mol. The zero-order valence-electron chi connectivity index (χ0n) is 10.8. The van der Waals surface area contributed by atoms with Gasteiger partial charge in [0.15, 0.2) is 0 Å². The quantitative estimate of drug-likeness (QED) is 0.821. The van der Waals surface area contributed by atoms with Gasteiger partial charge < -0.3 is 5.11 Å². The smallest absolute Gasteiger partial charge is 0.307 e. The number of aryl methyl sites for hydroxylation is 2. The van der Waals surface area contributed by atoms with Crippen LogP contribution in [0.1, 0.15) is 12.6 Å². The molecule has 0 aromatic carbocycles. The second-order valence-electron chi connectivity index (χ2n) is 4.28. The fraction of sp³-hybridized carbons (Fsp3) is 0.600. The summed E-state index contributed by atoms with van der Waals surface area (Å²) in [6, 6.07) is 0. The highest BCUT2D eigenvalue weighted by Gasteiger charge is 2.27. The predicted molar refractivity (Wildman–Crippen MR) is 64.6 cm³/mol. The SMILES string of the molecule is Cc1nn(C)cc1S(=O)(=O)N(C)CC(C)C(=O)O. The molecule has 7 nitrogen and oxygen atoms in total. The molecule has 1 rings (SSSR count). The summed E-state index contributed by atoms with van der Waals surface area (Å²) < 4.78 is 26.9. The van der Waals surface area contributed by atoms with E-state index in [0.29, 0.717) is 5.69 Å². The van der Waals surface area contributed by atoms with E-state index in [4.69, 9.17) is 5.11 Å². The molecule has 0 amide bonds. The van der Waals surface area contributed by atoms with Crippen molar-refractivity contribution in [3.05, 3.63) is 11.9 Å². The van der Waals surface area contributed by atoms with Crippen LogP contribution in [-0.2, 0) is 21.9 Å². The van der Waals surface area contributed by atoms with Crippen LogP contribution in [0.2, 0.25) is 0 Å². The van der Waals surface area contributed by atoms with Gasteiger partial charge >= 0.3 is 5.97 Å². The molecular formula is C10H17N3O4S. The minimum absolute atomic E-state index is 0.0774. The lowest BCUT2D eigenvalue weighted by Gasteiger charge is -2.18. The van der Waals surface area contributed by atoms with Gasteiger partial charge in [-0.25, -0.2) is 8.42 Å². The maximum absolute atomic E-state index is 12.2. The largest absolute Gasteiger partial charge is 0.481 e. The molecule has 0 saturated heterocycles. The van der Waals surface area contributed by atoms with Crippen LogP contribution < -0.4 is 0 Å². The zero-order valence-corrected chi connectivity index (χ0v) is 11.6. The first-order chi connectivity index (χ1) is 8.16. The molecule has 0 fully saturated rings. The van der Waals surface area contributed by atoms with Crippen molar-refractivity contribution in [1.29, 1.82) is 0 Å². The Hall–Kier alpha value is -1.41. The Labute approximate surface area is 106 Å². The predicted octanol–water partition coefficient (Wildman–Crippen LogP) is 0.0697. The summed E-state index contributed by atoms with van der Waals surface area (Å²) in [5.74, 6) is -1.79. The van der Waals surface area contributed by atoms with Crippen LogP contribution in [0.15, 0.2) is 11.1 Å². The van der Waals surface area contributed by atoms with Gasteiger partial charge in [0.05, 0.1) is 11.6 Å². The van der Waals surface area contributed by atoms with Crippen molar-refractivity contribution in [2.75, 3.05) is 13.6 Å². The third-order valence-electron chi connectivity index (χ3n) is 2.61. The molecule has 18 heavy (non-hydrogen) atoms. The molecule has 1 unspecified atom stereocenters. The summed E-state index contributed by atoms with van der Waals surface area (Å²) in [6.45, 7) is 2.98. The molecule has 0 bridgehead atoms.